The molecular formula is C20H18N4OS2. The lowest BCUT2D eigenvalue weighted by Gasteiger charge is -2.05. The number of hydrogen-bond donors (Lipinski definition) is 1. The number of thiazole rings is 1. The van der Waals surface area contributed by atoms with Gasteiger partial charge in [-0.15, -0.1) is 11.3 Å². The van der Waals surface area contributed by atoms with Gasteiger partial charge in [0.15, 0.2) is 0 Å². The summed E-state index contributed by atoms with van der Waals surface area (Å²) in [6.07, 6.45) is 6.31. The van der Waals surface area contributed by atoms with E-state index in [4.69, 9.17) is 0 Å². The molecule has 0 fully saturated rings. The number of nitrogens with zero attached hydrogens (tertiary/aromatic N) is 3. The molecule has 0 aliphatic carbocycles. The second-order valence-corrected chi connectivity index (χ2v) is 8.22. The standard InChI is InChI=1S/C20H18N4OS2/c1-13-17(27-20(21-13)26-2)11-19(25)22-15-8-6-14(7-9-15)16-12-24-10-4-3-5-18(24)23-16/h3-10,12H,11H2,1-2H3,(H,22,25). The lowest BCUT2D eigenvalue weighted by atomic mass is 10.1. The fraction of sp³-hybridized carbons (Fsp3) is 0.150. The Kier molecular flexibility index (Phi) is 4.96. The second-order valence-electron chi connectivity index (χ2n) is 6.09. The normalized spacial score (nSPS) is 11.0. The van der Waals surface area contributed by atoms with Crippen LogP contribution < -0.4 is 5.32 Å². The monoisotopic (exact) mass is 394 g/mol. The fourth-order valence-corrected chi connectivity index (χ4v) is 4.46. The molecule has 0 saturated heterocycles. The van der Waals surface area contributed by atoms with E-state index in [0.29, 0.717) is 6.42 Å². The number of anilines is 1. The molecule has 0 spiro atoms. The Morgan fingerprint density at radius 1 is 1.19 bits per heavy atom. The van der Waals surface area contributed by atoms with Gasteiger partial charge < -0.3 is 9.72 Å². The molecule has 3 heterocycles. The van der Waals surface area contributed by atoms with Crippen LogP contribution in [-0.4, -0.2) is 26.5 Å². The summed E-state index contributed by atoms with van der Waals surface area (Å²) in [7, 11) is 0. The van der Waals surface area contributed by atoms with Gasteiger partial charge in [0, 0.05) is 28.5 Å². The summed E-state index contributed by atoms with van der Waals surface area (Å²) in [4.78, 5) is 22.4. The highest BCUT2D eigenvalue weighted by atomic mass is 32.2. The maximum absolute atomic E-state index is 12.3. The average molecular weight is 395 g/mol. The molecule has 4 rings (SSSR count). The molecule has 0 saturated carbocycles. The van der Waals surface area contributed by atoms with Crippen LogP contribution in [0.3, 0.4) is 0 Å². The Balaban J connectivity index is 1.45. The van der Waals surface area contributed by atoms with Crippen molar-refractivity contribution in [2.75, 3.05) is 11.6 Å². The minimum Gasteiger partial charge on any atom is -0.326 e. The van der Waals surface area contributed by atoms with Crippen LogP contribution in [0, 0.1) is 6.92 Å². The molecule has 0 unspecified atom stereocenters. The Morgan fingerprint density at radius 3 is 2.70 bits per heavy atom. The van der Waals surface area contributed by atoms with Gasteiger partial charge in [-0.05, 0) is 37.4 Å². The summed E-state index contributed by atoms with van der Waals surface area (Å²) in [6, 6.07) is 13.7. The third-order valence-electron chi connectivity index (χ3n) is 4.20. The Bertz CT molecular complexity index is 1070. The van der Waals surface area contributed by atoms with Crippen molar-refractivity contribution in [3.05, 3.63) is 65.4 Å². The molecule has 0 aliphatic rings. The quantitative estimate of drug-likeness (QED) is 0.500. The third kappa shape index (κ3) is 3.89. The summed E-state index contributed by atoms with van der Waals surface area (Å²) in [6.45, 7) is 1.95. The summed E-state index contributed by atoms with van der Waals surface area (Å²) in [5.74, 6) is -0.0325. The molecule has 0 aliphatic heterocycles. The number of benzene rings is 1. The highest BCUT2D eigenvalue weighted by Gasteiger charge is 2.12. The molecule has 3 aromatic heterocycles. The number of aromatic nitrogens is 3. The number of carbonyl (C=O) groups excluding carboxylic acids is 1. The number of amides is 1. The first-order valence-electron chi connectivity index (χ1n) is 8.47. The number of nitrogens with one attached hydrogen (secondary N) is 1. The van der Waals surface area contributed by atoms with E-state index < -0.39 is 0 Å². The largest absolute Gasteiger partial charge is 0.326 e. The Labute approximate surface area is 165 Å². The summed E-state index contributed by atoms with van der Waals surface area (Å²) in [5, 5.41) is 2.96. The number of imidazole rings is 1. The van der Waals surface area contributed by atoms with Crippen molar-refractivity contribution in [2.45, 2.75) is 17.7 Å². The molecule has 0 radical (unpaired) electrons. The van der Waals surface area contributed by atoms with E-state index in [0.717, 1.165) is 37.5 Å². The summed E-state index contributed by atoms with van der Waals surface area (Å²) in [5.41, 5.74) is 4.54. The van der Waals surface area contributed by atoms with Crippen LogP contribution in [0.15, 0.2) is 59.2 Å². The van der Waals surface area contributed by atoms with Gasteiger partial charge in [0.1, 0.15) is 9.99 Å². The average Bonchev–Trinajstić information content (AvgIpc) is 3.26. The predicted molar refractivity (Wildman–Crippen MR) is 112 cm³/mol. The maximum Gasteiger partial charge on any atom is 0.229 e. The lowest BCUT2D eigenvalue weighted by Crippen LogP contribution is -2.14. The van der Waals surface area contributed by atoms with E-state index in [2.05, 4.69) is 15.3 Å². The van der Waals surface area contributed by atoms with Gasteiger partial charge in [-0.2, -0.15) is 0 Å². The number of pyridine rings is 1. The van der Waals surface area contributed by atoms with Crippen molar-refractivity contribution in [3.63, 3.8) is 0 Å². The second kappa shape index (κ2) is 7.54. The van der Waals surface area contributed by atoms with Crippen molar-refractivity contribution in [3.8, 4) is 11.3 Å². The molecule has 1 N–H and O–H groups in total. The molecular weight excluding hydrogens is 376 g/mol. The number of carbonyl (C=O) groups is 1. The van der Waals surface area contributed by atoms with Crippen LogP contribution in [0.1, 0.15) is 10.6 Å². The van der Waals surface area contributed by atoms with E-state index in [9.17, 15) is 4.79 Å². The van der Waals surface area contributed by atoms with Crippen LogP contribution in [0.2, 0.25) is 0 Å². The number of thioether (sulfide) groups is 1. The van der Waals surface area contributed by atoms with Crippen LogP contribution >= 0.6 is 23.1 Å². The van der Waals surface area contributed by atoms with Gasteiger partial charge >= 0.3 is 0 Å². The van der Waals surface area contributed by atoms with E-state index in [-0.39, 0.29) is 5.91 Å². The summed E-state index contributed by atoms with van der Waals surface area (Å²) < 4.78 is 2.98. The van der Waals surface area contributed by atoms with Gasteiger partial charge in [-0.25, -0.2) is 9.97 Å². The zero-order valence-corrected chi connectivity index (χ0v) is 16.6. The Morgan fingerprint density at radius 2 is 2.00 bits per heavy atom. The molecule has 1 aromatic carbocycles. The van der Waals surface area contributed by atoms with Crippen molar-refractivity contribution in [1.82, 2.24) is 14.4 Å². The minimum absolute atomic E-state index is 0.0325. The van der Waals surface area contributed by atoms with Crippen molar-refractivity contribution in [1.29, 1.82) is 0 Å². The molecule has 27 heavy (non-hydrogen) atoms. The van der Waals surface area contributed by atoms with Gasteiger partial charge in [0.05, 0.1) is 17.8 Å². The molecule has 5 nitrogen and oxygen atoms in total. The number of aryl methyl sites for hydroxylation is 1. The molecule has 1 amide bonds. The van der Waals surface area contributed by atoms with Crippen LogP contribution in [0.5, 0.6) is 0 Å². The molecule has 136 valence electrons. The zero-order chi connectivity index (χ0) is 18.8. The van der Waals surface area contributed by atoms with Crippen molar-refractivity contribution < 1.29 is 4.79 Å². The first-order chi connectivity index (χ1) is 13.1. The zero-order valence-electron chi connectivity index (χ0n) is 15.0. The van der Waals surface area contributed by atoms with Crippen molar-refractivity contribution in [2.24, 2.45) is 0 Å². The molecule has 0 bridgehead atoms. The number of hydrogen-bond acceptors (Lipinski definition) is 5. The van der Waals surface area contributed by atoms with Crippen molar-refractivity contribution >= 4 is 40.3 Å². The van der Waals surface area contributed by atoms with Gasteiger partial charge in [-0.3, -0.25) is 4.79 Å². The fourth-order valence-electron chi connectivity index (χ4n) is 2.80. The van der Waals surface area contributed by atoms with E-state index in [1.807, 2.05) is 72.4 Å². The van der Waals surface area contributed by atoms with Crippen LogP contribution in [0.4, 0.5) is 5.69 Å². The first kappa shape index (κ1) is 17.8. The first-order valence-corrected chi connectivity index (χ1v) is 10.5. The smallest absolute Gasteiger partial charge is 0.229 e. The van der Waals surface area contributed by atoms with E-state index >= 15 is 0 Å². The predicted octanol–water partition coefficient (Wildman–Crippen LogP) is 4.67. The topological polar surface area (TPSA) is 59.3 Å². The highest BCUT2D eigenvalue weighted by Crippen LogP contribution is 2.26. The Hall–Kier alpha value is -2.64. The van der Waals surface area contributed by atoms with E-state index in [1.165, 1.54) is 0 Å². The SMILES string of the molecule is CSc1nc(C)c(CC(=O)Nc2ccc(-c3cn4ccccc4n3)cc2)s1. The minimum atomic E-state index is -0.0325. The van der Waals surface area contributed by atoms with E-state index in [1.54, 1.807) is 23.1 Å². The lowest BCUT2D eigenvalue weighted by molar-refractivity contribution is -0.115. The number of fused-ring (bicyclic) bond motifs is 1. The molecule has 0 atom stereocenters. The van der Waals surface area contributed by atoms with Gasteiger partial charge in [-0.1, -0.05) is 30.0 Å². The maximum atomic E-state index is 12.3. The molecule has 7 heteroatoms. The highest BCUT2D eigenvalue weighted by molar-refractivity contribution is 8.00. The van der Waals surface area contributed by atoms with Crippen LogP contribution in [-0.2, 0) is 11.2 Å². The number of rotatable bonds is 5. The van der Waals surface area contributed by atoms with Gasteiger partial charge in [0.25, 0.3) is 0 Å². The van der Waals surface area contributed by atoms with Gasteiger partial charge in [0.2, 0.25) is 5.91 Å². The van der Waals surface area contributed by atoms with Crippen LogP contribution in [0.25, 0.3) is 16.9 Å². The summed E-state index contributed by atoms with van der Waals surface area (Å²) >= 11 is 3.18. The molecule has 4 aromatic rings. The third-order valence-corrected chi connectivity index (χ3v) is 6.34.